The molecule has 2 heterocycles. The number of carbonyl (C=O) groups excluding carboxylic acids is 3. The third-order valence-electron chi connectivity index (χ3n) is 4.33. The Balaban J connectivity index is 1.55. The summed E-state index contributed by atoms with van der Waals surface area (Å²) in [5, 5.41) is 2.72. The van der Waals surface area contributed by atoms with E-state index in [2.05, 4.69) is 27.9 Å². The summed E-state index contributed by atoms with van der Waals surface area (Å²) in [5.41, 5.74) is 1.60. The minimum absolute atomic E-state index is 0.182. The Labute approximate surface area is 170 Å². The number of amides is 2. The summed E-state index contributed by atoms with van der Waals surface area (Å²) in [6, 6.07) is 8.10. The number of nitrogens with zero attached hydrogens (tertiary/aromatic N) is 1. The fraction of sp³-hybridized carbons (Fsp3) is 0.316. The van der Waals surface area contributed by atoms with E-state index in [1.807, 2.05) is 19.1 Å². The molecule has 2 aromatic rings. The van der Waals surface area contributed by atoms with Crippen molar-refractivity contribution in [2.24, 2.45) is 0 Å². The van der Waals surface area contributed by atoms with Crippen LogP contribution in [0.25, 0.3) is 0 Å². The Kier molecular flexibility index (Phi) is 6.15. The van der Waals surface area contributed by atoms with Crippen molar-refractivity contribution >= 4 is 46.1 Å². The average molecular weight is 482 g/mol. The van der Waals surface area contributed by atoms with Crippen LogP contribution in [0.2, 0.25) is 0 Å². The minimum atomic E-state index is -0.699. The molecule has 1 N–H and O–H groups in total. The third kappa shape index (κ3) is 4.68. The molecule has 3 rings (SSSR count). The van der Waals surface area contributed by atoms with Gasteiger partial charge in [0, 0.05) is 15.8 Å². The number of furan rings is 1. The molecule has 0 saturated carbocycles. The molecule has 1 aliphatic heterocycles. The van der Waals surface area contributed by atoms with Crippen LogP contribution >= 0.6 is 22.6 Å². The van der Waals surface area contributed by atoms with Crippen LogP contribution in [0.4, 0.5) is 5.69 Å². The maximum Gasteiger partial charge on any atom is 0.329 e. The summed E-state index contributed by atoms with van der Waals surface area (Å²) in [5.74, 6) is -1.17. The number of rotatable bonds is 5. The Morgan fingerprint density at radius 2 is 2.15 bits per heavy atom. The highest BCUT2D eigenvalue weighted by Crippen LogP contribution is 2.22. The second kappa shape index (κ2) is 8.55. The Hall–Kier alpha value is -2.36. The predicted molar refractivity (Wildman–Crippen MR) is 106 cm³/mol. The lowest BCUT2D eigenvalue weighted by Crippen LogP contribution is -2.42. The lowest BCUT2D eigenvalue weighted by Gasteiger charge is -2.22. The average Bonchev–Trinajstić information content (AvgIpc) is 3.33. The summed E-state index contributed by atoms with van der Waals surface area (Å²) in [7, 11) is 0. The van der Waals surface area contributed by atoms with Crippen LogP contribution in [0.5, 0.6) is 0 Å². The first kappa shape index (κ1) is 19.4. The molecule has 0 radical (unpaired) electrons. The van der Waals surface area contributed by atoms with Crippen LogP contribution < -0.4 is 5.32 Å². The number of benzene rings is 1. The Bertz CT molecular complexity index is 850. The van der Waals surface area contributed by atoms with E-state index in [0.29, 0.717) is 25.1 Å². The number of hydrogen-bond acceptors (Lipinski definition) is 5. The van der Waals surface area contributed by atoms with Crippen molar-refractivity contribution in [1.82, 2.24) is 4.90 Å². The van der Waals surface area contributed by atoms with Gasteiger partial charge in [0.2, 0.25) is 0 Å². The zero-order valence-electron chi connectivity index (χ0n) is 14.7. The molecule has 1 aliphatic rings. The van der Waals surface area contributed by atoms with Gasteiger partial charge in [-0.3, -0.25) is 9.59 Å². The zero-order chi connectivity index (χ0) is 19.4. The number of likely N-dealkylation sites (tertiary alicyclic amines) is 1. The molecule has 1 atom stereocenters. The van der Waals surface area contributed by atoms with Crippen LogP contribution in [0.3, 0.4) is 0 Å². The maximum atomic E-state index is 12.4. The molecule has 7 nitrogen and oxygen atoms in total. The molecule has 27 heavy (non-hydrogen) atoms. The number of halogens is 1. The molecule has 1 aromatic carbocycles. The van der Waals surface area contributed by atoms with Gasteiger partial charge < -0.3 is 19.4 Å². The van der Waals surface area contributed by atoms with Crippen LogP contribution in [0.15, 0.2) is 41.0 Å². The SMILES string of the molecule is Cc1cc(I)ccc1NC(=O)COC(=O)C1CCCN1C(=O)c1ccco1. The minimum Gasteiger partial charge on any atom is -0.459 e. The summed E-state index contributed by atoms with van der Waals surface area (Å²) < 4.78 is 11.3. The second-order valence-corrected chi connectivity index (χ2v) is 7.49. The third-order valence-corrected chi connectivity index (χ3v) is 5.00. The fourth-order valence-corrected chi connectivity index (χ4v) is 3.63. The van der Waals surface area contributed by atoms with E-state index in [1.165, 1.54) is 11.2 Å². The number of nitrogens with one attached hydrogen (secondary N) is 1. The number of ether oxygens (including phenoxy) is 1. The summed E-state index contributed by atoms with van der Waals surface area (Å²) in [4.78, 5) is 38.3. The second-order valence-electron chi connectivity index (χ2n) is 6.25. The fourth-order valence-electron chi connectivity index (χ4n) is 2.98. The quantitative estimate of drug-likeness (QED) is 0.523. The van der Waals surface area contributed by atoms with Crippen LogP contribution in [0.1, 0.15) is 29.0 Å². The van der Waals surface area contributed by atoms with Gasteiger partial charge in [-0.15, -0.1) is 0 Å². The highest BCUT2D eigenvalue weighted by atomic mass is 127. The van der Waals surface area contributed by atoms with Crippen molar-refractivity contribution in [3.63, 3.8) is 0 Å². The highest BCUT2D eigenvalue weighted by Gasteiger charge is 2.36. The van der Waals surface area contributed by atoms with E-state index in [-0.39, 0.29) is 11.7 Å². The van der Waals surface area contributed by atoms with E-state index < -0.39 is 24.5 Å². The number of hydrogen-bond donors (Lipinski definition) is 1. The smallest absolute Gasteiger partial charge is 0.329 e. The number of anilines is 1. The molecule has 142 valence electrons. The molecule has 0 aliphatic carbocycles. The molecular formula is C19H19IN2O5. The first-order valence-electron chi connectivity index (χ1n) is 8.53. The molecular weight excluding hydrogens is 463 g/mol. The molecule has 1 saturated heterocycles. The predicted octanol–water partition coefficient (Wildman–Crippen LogP) is 2.98. The maximum absolute atomic E-state index is 12.4. The molecule has 1 fully saturated rings. The molecule has 1 unspecified atom stereocenters. The van der Waals surface area contributed by atoms with E-state index in [1.54, 1.807) is 18.2 Å². The van der Waals surface area contributed by atoms with Crippen molar-refractivity contribution in [3.05, 3.63) is 51.5 Å². The lowest BCUT2D eigenvalue weighted by molar-refractivity contribution is -0.151. The summed E-state index contributed by atoms with van der Waals surface area (Å²) in [6.45, 7) is 1.94. The standard InChI is InChI=1S/C19H19IN2O5/c1-12-10-13(20)6-7-14(12)21-17(23)11-27-19(25)15-4-2-8-22(15)18(24)16-5-3-9-26-16/h3,5-7,9-10,15H,2,4,8,11H2,1H3,(H,21,23). The number of esters is 1. The number of carbonyl (C=O) groups is 3. The molecule has 8 heteroatoms. The van der Waals surface area contributed by atoms with Crippen molar-refractivity contribution in [2.75, 3.05) is 18.5 Å². The van der Waals surface area contributed by atoms with Gasteiger partial charge in [-0.25, -0.2) is 4.79 Å². The van der Waals surface area contributed by atoms with Crippen molar-refractivity contribution in [1.29, 1.82) is 0 Å². The first-order chi connectivity index (χ1) is 13.0. The molecule has 0 spiro atoms. The van der Waals surface area contributed by atoms with Crippen LogP contribution in [-0.4, -0.2) is 41.9 Å². The van der Waals surface area contributed by atoms with Gasteiger partial charge >= 0.3 is 5.97 Å². The van der Waals surface area contributed by atoms with Gasteiger partial charge in [-0.2, -0.15) is 0 Å². The van der Waals surface area contributed by atoms with Crippen molar-refractivity contribution in [2.45, 2.75) is 25.8 Å². The molecule has 2 amide bonds. The van der Waals surface area contributed by atoms with E-state index in [4.69, 9.17) is 9.15 Å². The number of aryl methyl sites for hydroxylation is 1. The van der Waals surface area contributed by atoms with Crippen LogP contribution in [-0.2, 0) is 14.3 Å². The monoisotopic (exact) mass is 482 g/mol. The van der Waals surface area contributed by atoms with Gasteiger partial charge in [0.05, 0.1) is 6.26 Å². The van der Waals surface area contributed by atoms with Crippen LogP contribution in [0, 0.1) is 10.5 Å². The topological polar surface area (TPSA) is 88.9 Å². The van der Waals surface area contributed by atoms with Gasteiger partial charge in [-0.1, -0.05) is 0 Å². The van der Waals surface area contributed by atoms with Gasteiger partial charge in [0.1, 0.15) is 6.04 Å². The van der Waals surface area contributed by atoms with Gasteiger partial charge in [0.15, 0.2) is 12.4 Å². The Morgan fingerprint density at radius 3 is 2.85 bits per heavy atom. The summed E-state index contributed by atoms with van der Waals surface area (Å²) in [6.07, 6.45) is 2.61. The molecule has 0 bridgehead atoms. The first-order valence-corrected chi connectivity index (χ1v) is 9.60. The lowest BCUT2D eigenvalue weighted by atomic mass is 10.2. The highest BCUT2D eigenvalue weighted by molar-refractivity contribution is 14.1. The van der Waals surface area contributed by atoms with Crippen molar-refractivity contribution < 1.29 is 23.5 Å². The largest absolute Gasteiger partial charge is 0.459 e. The van der Waals surface area contributed by atoms with E-state index >= 15 is 0 Å². The summed E-state index contributed by atoms with van der Waals surface area (Å²) >= 11 is 2.19. The normalized spacial score (nSPS) is 16.2. The van der Waals surface area contributed by atoms with Gasteiger partial charge in [0.25, 0.3) is 11.8 Å². The van der Waals surface area contributed by atoms with Gasteiger partial charge in [-0.05, 0) is 78.3 Å². The van der Waals surface area contributed by atoms with E-state index in [9.17, 15) is 14.4 Å². The Morgan fingerprint density at radius 1 is 1.33 bits per heavy atom. The molecule has 1 aromatic heterocycles. The van der Waals surface area contributed by atoms with E-state index in [0.717, 1.165) is 9.13 Å². The zero-order valence-corrected chi connectivity index (χ0v) is 16.9. The van der Waals surface area contributed by atoms with Crippen molar-refractivity contribution in [3.8, 4) is 0 Å².